The van der Waals surface area contributed by atoms with Crippen molar-refractivity contribution >= 4 is 11.1 Å². The zero-order valence-electron chi connectivity index (χ0n) is 8.44. The van der Waals surface area contributed by atoms with Crippen LogP contribution in [0.2, 0.25) is 0 Å². The SMILES string of the molecule is CCc1cc(=O)oc2nc(C)nc(O)c12. The zero-order valence-corrected chi connectivity index (χ0v) is 8.44. The van der Waals surface area contributed by atoms with Crippen molar-refractivity contribution < 1.29 is 9.52 Å². The topological polar surface area (TPSA) is 76.2 Å². The third-order valence-electron chi connectivity index (χ3n) is 2.16. The van der Waals surface area contributed by atoms with Crippen molar-refractivity contribution in [1.29, 1.82) is 0 Å². The number of hydrogen-bond donors (Lipinski definition) is 1. The number of rotatable bonds is 1. The van der Waals surface area contributed by atoms with Gasteiger partial charge in [0.1, 0.15) is 11.2 Å². The van der Waals surface area contributed by atoms with Gasteiger partial charge in [-0.1, -0.05) is 6.92 Å². The van der Waals surface area contributed by atoms with Crippen molar-refractivity contribution in [2.24, 2.45) is 0 Å². The molecule has 0 saturated carbocycles. The Hall–Kier alpha value is -1.91. The van der Waals surface area contributed by atoms with Crippen molar-refractivity contribution in [3.63, 3.8) is 0 Å². The quantitative estimate of drug-likeness (QED) is 0.757. The highest BCUT2D eigenvalue weighted by molar-refractivity contribution is 5.81. The summed E-state index contributed by atoms with van der Waals surface area (Å²) in [5.41, 5.74) is 0.375. The average Bonchev–Trinajstić information content (AvgIpc) is 2.14. The fourth-order valence-electron chi connectivity index (χ4n) is 1.51. The van der Waals surface area contributed by atoms with E-state index in [2.05, 4.69) is 9.97 Å². The lowest BCUT2D eigenvalue weighted by Gasteiger charge is -2.03. The molecule has 0 fully saturated rings. The fourth-order valence-corrected chi connectivity index (χ4v) is 1.51. The van der Waals surface area contributed by atoms with Crippen LogP contribution in [0.25, 0.3) is 11.1 Å². The molecule has 1 N–H and O–H groups in total. The summed E-state index contributed by atoms with van der Waals surface area (Å²) in [7, 11) is 0. The summed E-state index contributed by atoms with van der Waals surface area (Å²) in [6.07, 6.45) is 0.613. The minimum atomic E-state index is -0.461. The number of aryl methyl sites for hydroxylation is 2. The molecule has 0 aliphatic rings. The Kier molecular flexibility index (Phi) is 2.15. The van der Waals surface area contributed by atoms with Crippen LogP contribution < -0.4 is 5.63 Å². The Morgan fingerprint density at radius 1 is 1.47 bits per heavy atom. The van der Waals surface area contributed by atoms with E-state index in [-0.39, 0.29) is 11.6 Å². The van der Waals surface area contributed by atoms with Gasteiger partial charge in [-0.25, -0.2) is 4.79 Å². The molecule has 78 valence electrons. The Bertz CT molecular complexity index is 575. The van der Waals surface area contributed by atoms with Gasteiger partial charge in [0.15, 0.2) is 0 Å². The van der Waals surface area contributed by atoms with E-state index in [1.54, 1.807) is 6.92 Å². The number of aromatic nitrogens is 2. The summed E-state index contributed by atoms with van der Waals surface area (Å²) in [5.74, 6) is 0.231. The molecule has 0 unspecified atom stereocenters. The number of hydrogen-bond acceptors (Lipinski definition) is 5. The van der Waals surface area contributed by atoms with Gasteiger partial charge in [0.2, 0.25) is 11.6 Å². The van der Waals surface area contributed by atoms with E-state index in [9.17, 15) is 9.90 Å². The third kappa shape index (κ3) is 1.56. The molecule has 0 spiro atoms. The van der Waals surface area contributed by atoms with Crippen LogP contribution in [0.4, 0.5) is 0 Å². The van der Waals surface area contributed by atoms with E-state index in [0.717, 1.165) is 0 Å². The lowest BCUT2D eigenvalue weighted by molar-refractivity contribution is 0.452. The maximum Gasteiger partial charge on any atom is 0.337 e. The average molecular weight is 206 g/mol. The molecule has 5 heteroatoms. The van der Waals surface area contributed by atoms with Crippen molar-refractivity contribution in [2.45, 2.75) is 20.3 Å². The van der Waals surface area contributed by atoms with E-state index in [1.807, 2.05) is 6.92 Å². The van der Waals surface area contributed by atoms with Gasteiger partial charge in [-0.15, -0.1) is 0 Å². The van der Waals surface area contributed by atoms with Crippen molar-refractivity contribution in [2.75, 3.05) is 0 Å². The van der Waals surface area contributed by atoms with Crippen molar-refractivity contribution in [1.82, 2.24) is 9.97 Å². The molecule has 0 aliphatic heterocycles. The first-order valence-electron chi connectivity index (χ1n) is 4.62. The molecule has 2 rings (SSSR count). The second-order valence-corrected chi connectivity index (χ2v) is 3.22. The molecule has 0 radical (unpaired) electrons. The fraction of sp³-hybridized carbons (Fsp3) is 0.300. The molecule has 0 aliphatic carbocycles. The third-order valence-corrected chi connectivity index (χ3v) is 2.16. The van der Waals surface area contributed by atoms with Gasteiger partial charge in [-0.05, 0) is 18.9 Å². The molecule has 2 heterocycles. The van der Waals surface area contributed by atoms with Gasteiger partial charge in [0, 0.05) is 6.07 Å². The number of aromatic hydroxyl groups is 1. The van der Waals surface area contributed by atoms with E-state index >= 15 is 0 Å². The van der Waals surface area contributed by atoms with Crippen LogP contribution in [0.15, 0.2) is 15.3 Å². The Morgan fingerprint density at radius 3 is 2.87 bits per heavy atom. The molecule has 0 saturated heterocycles. The van der Waals surface area contributed by atoms with Gasteiger partial charge in [-0.2, -0.15) is 9.97 Å². The lowest BCUT2D eigenvalue weighted by Crippen LogP contribution is -2.02. The van der Waals surface area contributed by atoms with E-state index < -0.39 is 5.63 Å². The minimum Gasteiger partial charge on any atom is -0.493 e. The molecule has 0 aromatic carbocycles. The summed E-state index contributed by atoms with van der Waals surface area (Å²) in [6.45, 7) is 3.51. The summed E-state index contributed by atoms with van der Waals surface area (Å²) >= 11 is 0. The van der Waals surface area contributed by atoms with Crippen molar-refractivity contribution in [3.05, 3.63) is 27.9 Å². The molecule has 2 aromatic heterocycles. The molecule has 5 nitrogen and oxygen atoms in total. The molecular weight excluding hydrogens is 196 g/mol. The first-order valence-corrected chi connectivity index (χ1v) is 4.62. The van der Waals surface area contributed by atoms with Crippen LogP contribution in [0.3, 0.4) is 0 Å². The molecule has 15 heavy (non-hydrogen) atoms. The molecule has 2 aromatic rings. The van der Waals surface area contributed by atoms with E-state index in [0.29, 0.717) is 23.2 Å². The summed E-state index contributed by atoms with van der Waals surface area (Å²) in [6, 6.07) is 1.35. The van der Waals surface area contributed by atoms with Crippen molar-refractivity contribution in [3.8, 4) is 5.88 Å². The molecule has 0 amide bonds. The first kappa shape index (κ1) is 9.64. The van der Waals surface area contributed by atoms with Gasteiger partial charge in [0.05, 0.1) is 0 Å². The van der Waals surface area contributed by atoms with Crippen LogP contribution in [-0.2, 0) is 6.42 Å². The summed E-state index contributed by atoms with van der Waals surface area (Å²) in [5, 5.41) is 10.1. The Morgan fingerprint density at radius 2 is 2.20 bits per heavy atom. The van der Waals surface area contributed by atoms with E-state index in [1.165, 1.54) is 6.07 Å². The largest absolute Gasteiger partial charge is 0.493 e. The first-order chi connectivity index (χ1) is 7.11. The highest BCUT2D eigenvalue weighted by atomic mass is 16.4. The second kappa shape index (κ2) is 3.34. The van der Waals surface area contributed by atoms with Crippen LogP contribution in [-0.4, -0.2) is 15.1 Å². The number of fused-ring (bicyclic) bond motifs is 1. The molecular formula is C10H10N2O3. The highest BCUT2D eigenvalue weighted by Gasteiger charge is 2.11. The Labute approximate surface area is 85.4 Å². The molecule has 0 atom stereocenters. The second-order valence-electron chi connectivity index (χ2n) is 3.22. The lowest BCUT2D eigenvalue weighted by atomic mass is 10.1. The van der Waals surface area contributed by atoms with Crippen LogP contribution in [0.5, 0.6) is 5.88 Å². The van der Waals surface area contributed by atoms with Crippen LogP contribution in [0.1, 0.15) is 18.3 Å². The number of nitrogens with zero attached hydrogens (tertiary/aromatic N) is 2. The van der Waals surface area contributed by atoms with Crippen LogP contribution >= 0.6 is 0 Å². The smallest absolute Gasteiger partial charge is 0.337 e. The summed E-state index contributed by atoms with van der Waals surface area (Å²) < 4.78 is 4.90. The maximum absolute atomic E-state index is 11.2. The highest BCUT2D eigenvalue weighted by Crippen LogP contribution is 2.23. The van der Waals surface area contributed by atoms with Gasteiger partial charge in [0.25, 0.3) is 0 Å². The van der Waals surface area contributed by atoms with Crippen LogP contribution in [0, 0.1) is 6.92 Å². The van der Waals surface area contributed by atoms with Gasteiger partial charge < -0.3 is 9.52 Å². The monoisotopic (exact) mass is 206 g/mol. The minimum absolute atomic E-state index is 0.141. The molecule has 0 bridgehead atoms. The maximum atomic E-state index is 11.2. The predicted molar refractivity (Wildman–Crippen MR) is 53.9 cm³/mol. The normalized spacial score (nSPS) is 10.8. The van der Waals surface area contributed by atoms with Gasteiger partial charge in [-0.3, -0.25) is 0 Å². The standard InChI is InChI=1S/C10H10N2O3/c1-3-6-4-7(13)15-10-8(6)9(14)11-5(2)12-10/h4H,3H2,1-2H3,(H,11,12,14). The van der Waals surface area contributed by atoms with Gasteiger partial charge >= 0.3 is 5.63 Å². The zero-order chi connectivity index (χ0) is 11.0. The predicted octanol–water partition coefficient (Wildman–Crippen LogP) is 1.16. The Balaban J connectivity index is 2.96. The van der Waals surface area contributed by atoms with E-state index in [4.69, 9.17) is 4.42 Å². The summed E-state index contributed by atoms with van der Waals surface area (Å²) in [4.78, 5) is 19.0.